The van der Waals surface area contributed by atoms with Crippen LogP contribution >= 0.6 is 0 Å². The first-order chi connectivity index (χ1) is 9.73. The summed E-state index contributed by atoms with van der Waals surface area (Å²) in [7, 11) is -4.39. The van der Waals surface area contributed by atoms with Gasteiger partial charge in [0.2, 0.25) is 10.0 Å². The SMILES string of the molecule is Nc1cc(F)c(S(=O)(=O)NCC2(O)CCCCC2)c(F)c1. The molecule has 5 nitrogen and oxygen atoms in total. The summed E-state index contributed by atoms with van der Waals surface area (Å²) in [6.07, 6.45) is 3.49. The van der Waals surface area contributed by atoms with Gasteiger partial charge in [0.25, 0.3) is 0 Å². The maximum atomic E-state index is 13.7. The molecule has 1 aromatic rings. The van der Waals surface area contributed by atoms with Gasteiger partial charge in [-0.05, 0) is 25.0 Å². The second-order valence-corrected chi connectivity index (χ2v) is 7.13. The zero-order chi connectivity index (χ0) is 15.7. The molecule has 0 amide bonds. The lowest BCUT2D eigenvalue weighted by molar-refractivity contribution is 0.00943. The van der Waals surface area contributed by atoms with Crippen LogP contribution in [0.1, 0.15) is 32.1 Å². The maximum absolute atomic E-state index is 13.7. The molecule has 0 saturated heterocycles. The van der Waals surface area contributed by atoms with Crippen molar-refractivity contribution in [1.82, 2.24) is 4.72 Å². The third kappa shape index (κ3) is 3.69. The number of nitrogens with two attached hydrogens (primary N) is 1. The molecule has 0 bridgehead atoms. The van der Waals surface area contributed by atoms with Gasteiger partial charge < -0.3 is 10.8 Å². The van der Waals surface area contributed by atoms with E-state index in [9.17, 15) is 22.3 Å². The summed E-state index contributed by atoms with van der Waals surface area (Å²) in [4.78, 5) is -1.07. The van der Waals surface area contributed by atoms with Crippen LogP contribution in [0.4, 0.5) is 14.5 Å². The smallest absolute Gasteiger partial charge is 0.246 e. The number of benzene rings is 1. The third-order valence-electron chi connectivity index (χ3n) is 3.66. The Hall–Kier alpha value is -1.25. The van der Waals surface area contributed by atoms with Crippen molar-refractivity contribution in [3.05, 3.63) is 23.8 Å². The van der Waals surface area contributed by atoms with E-state index in [1.165, 1.54) is 0 Å². The van der Waals surface area contributed by atoms with Crippen molar-refractivity contribution in [1.29, 1.82) is 0 Å². The van der Waals surface area contributed by atoms with Gasteiger partial charge in [0, 0.05) is 12.2 Å². The Morgan fingerprint density at radius 1 is 1.19 bits per heavy atom. The fraction of sp³-hybridized carbons (Fsp3) is 0.538. The van der Waals surface area contributed by atoms with E-state index < -0.39 is 32.2 Å². The van der Waals surface area contributed by atoms with Crippen LogP contribution in [0.5, 0.6) is 0 Å². The Kier molecular flexibility index (Phi) is 4.50. The normalized spacial score (nSPS) is 18.6. The highest BCUT2D eigenvalue weighted by atomic mass is 32.2. The van der Waals surface area contributed by atoms with Crippen molar-refractivity contribution in [3.8, 4) is 0 Å². The van der Waals surface area contributed by atoms with Crippen molar-refractivity contribution in [2.24, 2.45) is 0 Å². The second-order valence-electron chi connectivity index (χ2n) is 5.42. The fourth-order valence-corrected chi connectivity index (χ4v) is 3.76. The van der Waals surface area contributed by atoms with Crippen LogP contribution in [0.2, 0.25) is 0 Å². The molecular weight excluding hydrogens is 302 g/mol. The first-order valence-corrected chi connectivity index (χ1v) is 8.18. The van der Waals surface area contributed by atoms with E-state index in [4.69, 9.17) is 5.73 Å². The first-order valence-electron chi connectivity index (χ1n) is 6.70. The molecule has 8 heteroatoms. The molecular formula is C13H18F2N2O3S. The molecule has 1 aliphatic carbocycles. The zero-order valence-corrected chi connectivity index (χ0v) is 12.2. The first kappa shape index (κ1) is 16.1. The van der Waals surface area contributed by atoms with Gasteiger partial charge in [-0.1, -0.05) is 19.3 Å². The largest absolute Gasteiger partial charge is 0.399 e. The molecule has 0 spiro atoms. The van der Waals surface area contributed by atoms with E-state index in [0.717, 1.165) is 31.4 Å². The van der Waals surface area contributed by atoms with Crippen LogP contribution in [-0.2, 0) is 10.0 Å². The predicted molar refractivity (Wildman–Crippen MR) is 74.0 cm³/mol. The van der Waals surface area contributed by atoms with Gasteiger partial charge >= 0.3 is 0 Å². The number of sulfonamides is 1. The molecule has 4 N–H and O–H groups in total. The standard InChI is InChI=1S/C13H18F2N2O3S/c14-10-6-9(16)7-11(15)12(10)21(19,20)17-8-13(18)4-2-1-3-5-13/h6-7,17-18H,1-5,8,16H2. The fourth-order valence-electron chi connectivity index (χ4n) is 2.52. The highest BCUT2D eigenvalue weighted by molar-refractivity contribution is 7.89. The Bertz CT molecular complexity index is 605. The van der Waals surface area contributed by atoms with Crippen LogP contribution in [-0.4, -0.2) is 25.7 Å². The summed E-state index contributed by atoms with van der Waals surface area (Å²) >= 11 is 0. The maximum Gasteiger partial charge on any atom is 0.246 e. The Labute approximate surface area is 122 Å². The number of hydrogen-bond donors (Lipinski definition) is 3. The van der Waals surface area contributed by atoms with E-state index in [-0.39, 0.29) is 12.2 Å². The quantitative estimate of drug-likeness (QED) is 0.733. The van der Waals surface area contributed by atoms with Crippen LogP contribution in [0.3, 0.4) is 0 Å². The zero-order valence-electron chi connectivity index (χ0n) is 11.4. The minimum atomic E-state index is -4.39. The number of nitrogens with one attached hydrogen (secondary N) is 1. The van der Waals surface area contributed by atoms with Gasteiger partial charge in [0.1, 0.15) is 11.6 Å². The van der Waals surface area contributed by atoms with E-state index in [0.29, 0.717) is 12.8 Å². The number of nitrogen functional groups attached to an aromatic ring is 1. The molecule has 1 fully saturated rings. The average molecular weight is 320 g/mol. The number of aliphatic hydroxyl groups is 1. The summed E-state index contributed by atoms with van der Waals surface area (Å²) in [5.41, 5.74) is 3.89. The van der Waals surface area contributed by atoms with E-state index >= 15 is 0 Å². The molecule has 2 rings (SSSR count). The highest BCUT2D eigenvalue weighted by Gasteiger charge is 2.32. The van der Waals surface area contributed by atoms with Gasteiger partial charge in [-0.15, -0.1) is 0 Å². The molecule has 1 saturated carbocycles. The minimum Gasteiger partial charge on any atom is -0.399 e. The van der Waals surface area contributed by atoms with Gasteiger partial charge in [-0.3, -0.25) is 0 Å². The van der Waals surface area contributed by atoms with Gasteiger partial charge in [0.15, 0.2) is 4.90 Å². The topological polar surface area (TPSA) is 92.4 Å². The van der Waals surface area contributed by atoms with Crippen molar-refractivity contribution in [3.63, 3.8) is 0 Å². The molecule has 0 aliphatic heterocycles. The summed E-state index contributed by atoms with van der Waals surface area (Å²) in [5, 5.41) is 10.2. The van der Waals surface area contributed by atoms with Gasteiger partial charge in [-0.2, -0.15) is 0 Å². The Morgan fingerprint density at radius 3 is 2.24 bits per heavy atom. The molecule has 0 heterocycles. The van der Waals surface area contributed by atoms with Crippen LogP contribution < -0.4 is 10.5 Å². The highest BCUT2D eigenvalue weighted by Crippen LogP contribution is 2.28. The Balaban J connectivity index is 2.19. The molecule has 1 aliphatic rings. The van der Waals surface area contributed by atoms with Crippen molar-refractivity contribution in [2.75, 3.05) is 12.3 Å². The molecule has 21 heavy (non-hydrogen) atoms. The average Bonchev–Trinajstić information content (AvgIpc) is 2.36. The second kappa shape index (κ2) is 5.86. The van der Waals surface area contributed by atoms with Crippen molar-refractivity contribution < 1.29 is 22.3 Å². The molecule has 0 radical (unpaired) electrons. The van der Waals surface area contributed by atoms with Gasteiger partial charge in [0.05, 0.1) is 5.60 Å². The monoisotopic (exact) mass is 320 g/mol. The summed E-state index contributed by atoms with van der Waals surface area (Å²) in [6.45, 7) is -0.265. The number of rotatable bonds is 4. The van der Waals surface area contributed by atoms with Crippen LogP contribution in [0.25, 0.3) is 0 Å². The molecule has 1 aromatic carbocycles. The summed E-state index contributed by atoms with van der Waals surface area (Å²) < 4.78 is 53.5. The summed E-state index contributed by atoms with van der Waals surface area (Å²) in [5.74, 6) is -2.51. The molecule has 0 unspecified atom stereocenters. The van der Waals surface area contributed by atoms with Gasteiger partial charge in [-0.25, -0.2) is 21.9 Å². The minimum absolute atomic E-state index is 0.199. The lowest BCUT2D eigenvalue weighted by Gasteiger charge is -2.32. The molecule has 0 aromatic heterocycles. The van der Waals surface area contributed by atoms with E-state index in [1.807, 2.05) is 0 Å². The number of anilines is 1. The van der Waals surface area contributed by atoms with Crippen molar-refractivity contribution >= 4 is 15.7 Å². The molecule has 0 atom stereocenters. The lowest BCUT2D eigenvalue weighted by Crippen LogP contribution is -2.44. The molecule has 118 valence electrons. The number of halogens is 2. The summed E-state index contributed by atoms with van der Waals surface area (Å²) in [6, 6.07) is 1.49. The third-order valence-corrected chi connectivity index (χ3v) is 5.12. The number of hydrogen-bond acceptors (Lipinski definition) is 4. The lowest BCUT2D eigenvalue weighted by atomic mass is 9.85. The van der Waals surface area contributed by atoms with E-state index in [1.54, 1.807) is 0 Å². The predicted octanol–water partition coefficient (Wildman–Crippen LogP) is 1.52. The van der Waals surface area contributed by atoms with E-state index in [2.05, 4.69) is 4.72 Å². The van der Waals surface area contributed by atoms with Crippen molar-refractivity contribution in [2.45, 2.75) is 42.6 Å². The van der Waals surface area contributed by atoms with Crippen LogP contribution in [0.15, 0.2) is 17.0 Å². The van der Waals surface area contributed by atoms with Crippen LogP contribution in [0, 0.1) is 11.6 Å². The Morgan fingerprint density at radius 2 is 1.71 bits per heavy atom.